The molecule has 3 amide bonds. The van der Waals surface area contributed by atoms with Crippen molar-refractivity contribution in [2.75, 3.05) is 18.2 Å². The summed E-state index contributed by atoms with van der Waals surface area (Å²) in [5.41, 5.74) is 3.40. The van der Waals surface area contributed by atoms with E-state index in [9.17, 15) is 14.4 Å². The first-order valence-electron chi connectivity index (χ1n) is 10.8. The number of rotatable bonds is 6. The number of hydrogen-bond acceptors (Lipinski definition) is 6. The maximum absolute atomic E-state index is 13.3. The van der Waals surface area contributed by atoms with Crippen LogP contribution in [0, 0.1) is 13.8 Å². The number of amides is 3. The van der Waals surface area contributed by atoms with Crippen LogP contribution < -0.4 is 20.9 Å². The highest BCUT2D eigenvalue weighted by Crippen LogP contribution is 2.23. The first kappa shape index (κ1) is 24.0. The second-order valence-corrected chi connectivity index (χ2v) is 8.73. The van der Waals surface area contributed by atoms with E-state index in [1.54, 1.807) is 61.7 Å². The topological polar surface area (TPSA) is 102 Å². The zero-order valence-corrected chi connectivity index (χ0v) is 20.3. The third-order valence-electron chi connectivity index (χ3n) is 5.49. The molecule has 1 heterocycles. The van der Waals surface area contributed by atoms with Crippen LogP contribution in [0.4, 0.5) is 10.5 Å². The molecule has 0 unspecified atom stereocenters. The van der Waals surface area contributed by atoms with E-state index in [0.717, 1.165) is 22.9 Å². The van der Waals surface area contributed by atoms with Gasteiger partial charge in [0.1, 0.15) is 5.75 Å². The predicted octanol–water partition coefficient (Wildman–Crippen LogP) is 4.45. The van der Waals surface area contributed by atoms with Crippen molar-refractivity contribution in [3.8, 4) is 11.4 Å². The van der Waals surface area contributed by atoms with E-state index in [1.165, 1.54) is 4.57 Å². The molecule has 0 aliphatic heterocycles. The number of benzene rings is 3. The van der Waals surface area contributed by atoms with E-state index in [2.05, 4.69) is 15.6 Å². The molecule has 3 aromatic carbocycles. The minimum atomic E-state index is -0.624. The number of nitrogens with one attached hydrogen (secondary N) is 2. The molecule has 178 valence electrons. The van der Waals surface area contributed by atoms with E-state index in [0.29, 0.717) is 33.2 Å². The monoisotopic (exact) mass is 488 g/mol. The molecule has 0 fully saturated rings. The number of carbonyl (C=O) groups excluding carboxylic acids is 2. The van der Waals surface area contributed by atoms with Gasteiger partial charge in [-0.25, -0.2) is 9.78 Å². The van der Waals surface area contributed by atoms with Crippen molar-refractivity contribution in [1.29, 1.82) is 0 Å². The smallest absolute Gasteiger partial charge is 0.325 e. The van der Waals surface area contributed by atoms with Crippen molar-refractivity contribution < 1.29 is 14.3 Å². The molecule has 1 aromatic heterocycles. The number of anilines is 1. The lowest BCUT2D eigenvalue weighted by atomic mass is 10.1. The summed E-state index contributed by atoms with van der Waals surface area (Å²) in [4.78, 5) is 42.8. The van der Waals surface area contributed by atoms with Crippen LogP contribution in [0.3, 0.4) is 0 Å². The predicted molar refractivity (Wildman–Crippen MR) is 138 cm³/mol. The van der Waals surface area contributed by atoms with Gasteiger partial charge >= 0.3 is 6.03 Å². The maximum Gasteiger partial charge on any atom is 0.325 e. The van der Waals surface area contributed by atoms with E-state index in [4.69, 9.17) is 4.74 Å². The number of para-hydroxylation sites is 1. The Morgan fingerprint density at radius 3 is 2.60 bits per heavy atom. The van der Waals surface area contributed by atoms with Gasteiger partial charge in [0.15, 0.2) is 5.16 Å². The van der Waals surface area contributed by atoms with Gasteiger partial charge in [-0.1, -0.05) is 42.1 Å². The summed E-state index contributed by atoms with van der Waals surface area (Å²) in [6.07, 6.45) is 0. The number of carbonyl (C=O) groups is 2. The van der Waals surface area contributed by atoms with Gasteiger partial charge < -0.3 is 10.1 Å². The van der Waals surface area contributed by atoms with Crippen LogP contribution in [0.1, 0.15) is 11.1 Å². The third-order valence-corrected chi connectivity index (χ3v) is 6.43. The average Bonchev–Trinajstić information content (AvgIpc) is 2.85. The number of methoxy groups -OCH3 is 1. The van der Waals surface area contributed by atoms with Crippen LogP contribution in [-0.4, -0.2) is 34.4 Å². The number of hydrogen-bond donors (Lipinski definition) is 2. The highest BCUT2D eigenvalue weighted by atomic mass is 32.2. The van der Waals surface area contributed by atoms with Crippen LogP contribution in [0.5, 0.6) is 5.75 Å². The summed E-state index contributed by atoms with van der Waals surface area (Å²) in [6, 6.07) is 19.0. The number of urea groups is 1. The number of imide groups is 1. The number of fused-ring (bicyclic) bond motifs is 1. The van der Waals surface area contributed by atoms with Gasteiger partial charge in [-0.05, 0) is 55.3 Å². The molecule has 0 aliphatic carbocycles. The van der Waals surface area contributed by atoms with Crippen molar-refractivity contribution in [1.82, 2.24) is 14.9 Å². The molecule has 4 rings (SSSR count). The molecular formula is C26H24N4O4S. The lowest BCUT2D eigenvalue weighted by molar-refractivity contribution is -0.117. The Bertz CT molecular complexity index is 1480. The van der Waals surface area contributed by atoms with Crippen LogP contribution in [0.2, 0.25) is 0 Å². The van der Waals surface area contributed by atoms with E-state index < -0.39 is 11.9 Å². The van der Waals surface area contributed by atoms with Crippen molar-refractivity contribution in [2.24, 2.45) is 0 Å². The molecule has 0 atom stereocenters. The van der Waals surface area contributed by atoms with Crippen molar-refractivity contribution in [3.05, 3.63) is 88.2 Å². The summed E-state index contributed by atoms with van der Waals surface area (Å²) in [5.74, 6) is -0.0496. The summed E-state index contributed by atoms with van der Waals surface area (Å²) in [7, 11) is 1.55. The molecule has 4 aromatic rings. The third kappa shape index (κ3) is 5.36. The van der Waals surface area contributed by atoms with Gasteiger partial charge in [-0.2, -0.15) is 0 Å². The minimum absolute atomic E-state index is 0.116. The fraction of sp³-hybridized carbons (Fsp3) is 0.154. The molecule has 8 nitrogen and oxygen atoms in total. The van der Waals surface area contributed by atoms with Gasteiger partial charge in [0.05, 0.1) is 29.5 Å². The van der Waals surface area contributed by atoms with Crippen LogP contribution in [0.25, 0.3) is 16.6 Å². The van der Waals surface area contributed by atoms with Gasteiger partial charge in [-0.15, -0.1) is 0 Å². The summed E-state index contributed by atoms with van der Waals surface area (Å²) >= 11 is 1.07. The quantitative estimate of drug-likeness (QED) is 0.307. The van der Waals surface area contributed by atoms with E-state index in [1.807, 2.05) is 26.0 Å². The fourth-order valence-electron chi connectivity index (χ4n) is 3.52. The second-order valence-electron chi connectivity index (χ2n) is 7.79. The Hall–Kier alpha value is -4.11. The first-order valence-corrected chi connectivity index (χ1v) is 11.8. The van der Waals surface area contributed by atoms with Crippen molar-refractivity contribution in [2.45, 2.75) is 19.0 Å². The fourth-order valence-corrected chi connectivity index (χ4v) is 4.33. The maximum atomic E-state index is 13.3. The summed E-state index contributed by atoms with van der Waals surface area (Å²) in [5, 5.41) is 5.81. The second kappa shape index (κ2) is 10.4. The van der Waals surface area contributed by atoms with Gasteiger partial charge in [-0.3, -0.25) is 19.5 Å². The van der Waals surface area contributed by atoms with Gasteiger partial charge in [0, 0.05) is 11.8 Å². The van der Waals surface area contributed by atoms with E-state index >= 15 is 0 Å². The average molecular weight is 489 g/mol. The Labute approximate surface area is 206 Å². The molecule has 0 bridgehead atoms. The number of aromatic nitrogens is 2. The molecule has 9 heteroatoms. The summed E-state index contributed by atoms with van der Waals surface area (Å²) in [6.45, 7) is 3.84. The molecule has 2 N–H and O–H groups in total. The van der Waals surface area contributed by atoms with Crippen molar-refractivity contribution >= 4 is 40.3 Å². The summed E-state index contributed by atoms with van der Waals surface area (Å²) < 4.78 is 6.74. The zero-order chi connectivity index (χ0) is 24.9. The SMILES string of the molecule is COc1cccc(-n2c(SCC(=O)NC(=O)Nc3cccc(C)c3C)nc3ccccc3c2=O)c1. The normalized spacial score (nSPS) is 10.7. The highest BCUT2D eigenvalue weighted by Gasteiger charge is 2.16. The lowest BCUT2D eigenvalue weighted by Gasteiger charge is -2.14. The Morgan fingerprint density at radius 2 is 1.80 bits per heavy atom. The van der Waals surface area contributed by atoms with E-state index in [-0.39, 0.29) is 11.3 Å². The number of thioether (sulfide) groups is 1. The highest BCUT2D eigenvalue weighted by molar-refractivity contribution is 7.99. The molecule has 0 aliphatic rings. The van der Waals surface area contributed by atoms with Gasteiger partial charge in [0.25, 0.3) is 5.56 Å². The Balaban J connectivity index is 1.56. The molecule has 35 heavy (non-hydrogen) atoms. The largest absolute Gasteiger partial charge is 0.497 e. The Kier molecular flexibility index (Phi) is 7.17. The van der Waals surface area contributed by atoms with Crippen LogP contribution in [-0.2, 0) is 4.79 Å². The lowest BCUT2D eigenvalue weighted by Crippen LogP contribution is -2.35. The molecule has 0 radical (unpaired) electrons. The standard InChI is InChI=1S/C26H24N4O4S/c1-16-8-6-13-21(17(16)2)27-25(33)29-23(31)15-35-26-28-22-12-5-4-11-20(22)24(32)30(26)18-9-7-10-19(14-18)34-3/h4-14H,15H2,1-3H3,(H2,27,29,31,33). The minimum Gasteiger partial charge on any atom is -0.497 e. The van der Waals surface area contributed by atoms with Crippen molar-refractivity contribution in [3.63, 3.8) is 0 Å². The molecule has 0 saturated carbocycles. The number of aryl methyl sites for hydroxylation is 1. The Morgan fingerprint density at radius 1 is 1.03 bits per heavy atom. The first-order chi connectivity index (χ1) is 16.9. The van der Waals surface area contributed by atoms with Gasteiger partial charge in [0.2, 0.25) is 5.91 Å². The molecule has 0 spiro atoms. The number of ether oxygens (including phenoxy) is 1. The van der Waals surface area contributed by atoms with Crippen LogP contribution in [0.15, 0.2) is 76.7 Å². The molecular weight excluding hydrogens is 464 g/mol. The van der Waals surface area contributed by atoms with Crippen LogP contribution >= 0.6 is 11.8 Å². The number of nitrogens with zero attached hydrogens (tertiary/aromatic N) is 2. The zero-order valence-electron chi connectivity index (χ0n) is 19.5. The molecule has 0 saturated heterocycles.